The van der Waals surface area contributed by atoms with Gasteiger partial charge in [0.05, 0.1) is 28.4 Å². The van der Waals surface area contributed by atoms with Gasteiger partial charge in [-0.1, -0.05) is 23.2 Å². The topological polar surface area (TPSA) is 75.6 Å². The van der Waals surface area contributed by atoms with Crippen molar-refractivity contribution in [3.05, 3.63) is 62.8 Å². The van der Waals surface area contributed by atoms with Crippen molar-refractivity contribution < 1.29 is 9.47 Å². The Morgan fingerprint density at radius 3 is 2.76 bits per heavy atom. The van der Waals surface area contributed by atoms with E-state index in [4.69, 9.17) is 37.7 Å². The molecule has 2 aromatic carbocycles. The Kier molecular flexibility index (Phi) is 8.26. The molecular weight excluding hydrogens is 531 g/mol. The van der Waals surface area contributed by atoms with E-state index in [1.54, 1.807) is 30.6 Å². The van der Waals surface area contributed by atoms with Crippen molar-refractivity contribution in [2.24, 2.45) is 0 Å². The maximum absolute atomic E-state index is 6.16. The molecule has 5 rings (SSSR count). The molecular formula is C26H28Cl2N6O2S. The summed E-state index contributed by atoms with van der Waals surface area (Å²) in [6, 6.07) is 9.05. The first-order valence-electron chi connectivity index (χ1n) is 12.0. The van der Waals surface area contributed by atoms with Gasteiger partial charge in [0.1, 0.15) is 23.8 Å². The van der Waals surface area contributed by atoms with Crippen LogP contribution >= 0.6 is 34.5 Å². The van der Waals surface area contributed by atoms with Gasteiger partial charge >= 0.3 is 0 Å². The smallest absolute Gasteiger partial charge is 0.163 e. The Balaban J connectivity index is 1.29. The molecule has 1 aliphatic heterocycles. The third-order valence-corrected chi connectivity index (χ3v) is 7.86. The fraction of sp³-hybridized carbons (Fsp3) is 0.346. The predicted octanol–water partition coefficient (Wildman–Crippen LogP) is 5.86. The molecule has 194 valence electrons. The number of thiazole rings is 1. The lowest BCUT2D eigenvalue weighted by Crippen LogP contribution is -2.28. The van der Waals surface area contributed by atoms with Crippen molar-refractivity contribution in [3.63, 3.8) is 0 Å². The van der Waals surface area contributed by atoms with Crippen molar-refractivity contribution in [1.29, 1.82) is 0 Å². The van der Waals surface area contributed by atoms with E-state index in [1.165, 1.54) is 12.7 Å². The van der Waals surface area contributed by atoms with E-state index >= 15 is 0 Å². The van der Waals surface area contributed by atoms with Gasteiger partial charge in [0, 0.05) is 42.2 Å². The van der Waals surface area contributed by atoms with Gasteiger partial charge in [-0.15, -0.1) is 11.3 Å². The lowest BCUT2D eigenvalue weighted by atomic mass is 10.2. The van der Waals surface area contributed by atoms with Crippen LogP contribution in [-0.2, 0) is 13.2 Å². The minimum atomic E-state index is 0.356. The fourth-order valence-electron chi connectivity index (χ4n) is 4.26. The number of methoxy groups -OCH3 is 1. The molecule has 4 aromatic rings. The second-order valence-electron chi connectivity index (χ2n) is 8.95. The van der Waals surface area contributed by atoms with Gasteiger partial charge in [0.25, 0.3) is 0 Å². The van der Waals surface area contributed by atoms with Gasteiger partial charge in [-0.3, -0.25) is 4.90 Å². The molecule has 3 heterocycles. The molecule has 0 aliphatic carbocycles. The van der Waals surface area contributed by atoms with Crippen molar-refractivity contribution in [1.82, 2.24) is 24.8 Å². The summed E-state index contributed by atoms with van der Waals surface area (Å²) in [5.74, 6) is 1.81. The Labute approximate surface area is 230 Å². The Bertz CT molecular complexity index is 1380. The maximum Gasteiger partial charge on any atom is 0.163 e. The third kappa shape index (κ3) is 6.42. The molecule has 1 aliphatic rings. The van der Waals surface area contributed by atoms with Gasteiger partial charge in [-0.2, -0.15) is 0 Å². The third-order valence-electron chi connectivity index (χ3n) is 6.25. The van der Waals surface area contributed by atoms with Crippen LogP contribution in [0.3, 0.4) is 0 Å². The van der Waals surface area contributed by atoms with Gasteiger partial charge in [-0.05, 0) is 50.8 Å². The summed E-state index contributed by atoms with van der Waals surface area (Å²) in [7, 11) is 3.80. The predicted molar refractivity (Wildman–Crippen MR) is 150 cm³/mol. The number of hydrogen-bond acceptors (Lipinski definition) is 9. The zero-order valence-corrected chi connectivity index (χ0v) is 23.0. The van der Waals surface area contributed by atoms with E-state index < -0.39 is 0 Å². The maximum atomic E-state index is 6.16. The second-order valence-corrected chi connectivity index (χ2v) is 10.7. The summed E-state index contributed by atoms with van der Waals surface area (Å²) >= 11 is 13.8. The highest BCUT2D eigenvalue weighted by molar-refractivity contribution is 7.09. The molecule has 2 aromatic heterocycles. The van der Waals surface area contributed by atoms with E-state index in [9.17, 15) is 0 Å². The van der Waals surface area contributed by atoms with Crippen LogP contribution in [0.2, 0.25) is 10.0 Å². The molecule has 0 spiro atoms. The highest BCUT2D eigenvalue weighted by Crippen LogP contribution is 2.36. The van der Waals surface area contributed by atoms with Gasteiger partial charge in [0.15, 0.2) is 11.5 Å². The average molecular weight is 560 g/mol. The van der Waals surface area contributed by atoms with E-state index in [1.807, 2.05) is 18.2 Å². The van der Waals surface area contributed by atoms with Crippen molar-refractivity contribution in [2.75, 3.05) is 45.7 Å². The lowest BCUT2D eigenvalue weighted by Gasteiger charge is -2.18. The number of ether oxygens (including phenoxy) is 2. The number of likely N-dealkylation sites (N-methyl/N-ethyl adjacent to an activating group) is 1. The first-order chi connectivity index (χ1) is 18.0. The SMILES string of the molecule is COc1cc2c(Nc3ccc(Cl)c(Cl)c3)ncnc2cc1OCc1nc(CN2CCCN(C)CC2)cs1. The standard InChI is InChI=1S/C26H28Cl2N6O2S/c1-33-6-3-7-34(9-8-33)13-18-15-37-25(31-18)14-36-24-12-22-19(11-23(24)35-2)26(30-16-29-22)32-17-4-5-20(27)21(28)10-17/h4-5,10-12,15-16H,3,6-9,13-14H2,1-2H3,(H,29,30,32). The number of hydrogen-bond donors (Lipinski definition) is 1. The van der Waals surface area contributed by atoms with E-state index in [0.29, 0.717) is 34.0 Å². The van der Waals surface area contributed by atoms with Crippen LogP contribution in [-0.4, -0.2) is 65.1 Å². The van der Waals surface area contributed by atoms with E-state index in [0.717, 1.165) is 60.0 Å². The Hall–Kier alpha value is -2.69. The molecule has 37 heavy (non-hydrogen) atoms. The summed E-state index contributed by atoms with van der Waals surface area (Å²) in [4.78, 5) is 18.5. The molecule has 0 radical (unpaired) electrons. The number of fused-ring (bicyclic) bond motifs is 1. The lowest BCUT2D eigenvalue weighted by molar-refractivity contribution is 0.265. The monoisotopic (exact) mass is 558 g/mol. The summed E-state index contributed by atoms with van der Waals surface area (Å²) in [6.07, 6.45) is 2.69. The van der Waals surface area contributed by atoms with Crippen LogP contribution in [0.1, 0.15) is 17.1 Å². The largest absolute Gasteiger partial charge is 0.493 e. The molecule has 8 nitrogen and oxygen atoms in total. The molecule has 11 heteroatoms. The first kappa shape index (κ1) is 25.9. The minimum Gasteiger partial charge on any atom is -0.493 e. The number of halogens is 2. The van der Waals surface area contributed by atoms with Crippen LogP contribution in [0, 0.1) is 0 Å². The molecule has 1 saturated heterocycles. The fourth-order valence-corrected chi connectivity index (χ4v) is 5.26. The number of benzene rings is 2. The molecule has 0 saturated carbocycles. The molecule has 1 fully saturated rings. The van der Waals surface area contributed by atoms with Crippen molar-refractivity contribution >= 4 is 56.9 Å². The average Bonchev–Trinajstić information content (AvgIpc) is 3.24. The minimum absolute atomic E-state index is 0.356. The molecule has 0 bridgehead atoms. The zero-order chi connectivity index (χ0) is 25.8. The van der Waals surface area contributed by atoms with Gasteiger partial charge in [0.2, 0.25) is 0 Å². The van der Waals surface area contributed by atoms with Crippen LogP contribution in [0.5, 0.6) is 11.5 Å². The number of aromatic nitrogens is 3. The van der Waals surface area contributed by atoms with E-state index in [-0.39, 0.29) is 0 Å². The second kappa shape index (κ2) is 11.8. The molecule has 1 N–H and O–H groups in total. The van der Waals surface area contributed by atoms with Crippen LogP contribution in [0.15, 0.2) is 42.0 Å². The molecule has 0 atom stereocenters. The Morgan fingerprint density at radius 2 is 1.92 bits per heavy atom. The number of nitrogens with one attached hydrogen (secondary N) is 1. The normalized spacial score (nSPS) is 15.0. The quantitative estimate of drug-likeness (QED) is 0.288. The number of anilines is 2. The van der Waals surface area contributed by atoms with Crippen LogP contribution in [0.25, 0.3) is 10.9 Å². The summed E-state index contributed by atoms with van der Waals surface area (Å²) < 4.78 is 11.8. The van der Waals surface area contributed by atoms with E-state index in [2.05, 4.69) is 37.5 Å². The van der Waals surface area contributed by atoms with Crippen molar-refractivity contribution in [3.8, 4) is 11.5 Å². The number of nitrogens with zero attached hydrogens (tertiary/aromatic N) is 5. The summed E-state index contributed by atoms with van der Waals surface area (Å²) in [6.45, 7) is 5.64. The first-order valence-corrected chi connectivity index (χ1v) is 13.6. The molecule has 0 unspecified atom stereocenters. The summed E-state index contributed by atoms with van der Waals surface area (Å²) in [5.41, 5.74) is 2.57. The Morgan fingerprint density at radius 1 is 1.03 bits per heavy atom. The molecule has 0 amide bonds. The van der Waals surface area contributed by atoms with Crippen LogP contribution < -0.4 is 14.8 Å². The summed E-state index contributed by atoms with van der Waals surface area (Å²) in [5, 5.41) is 8.07. The zero-order valence-electron chi connectivity index (χ0n) is 20.7. The van der Waals surface area contributed by atoms with Gasteiger partial charge in [-0.25, -0.2) is 15.0 Å². The number of rotatable bonds is 8. The highest BCUT2D eigenvalue weighted by atomic mass is 35.5. The van der Waals surface area contributed by atoms with Crippen LogP contribution in [0.4, 0.5) is 11.5 Å². The van der Waals surface area contributed by atoms with Crippen molar-refractivity contribution in [2.45, 2.75) is 19.6 Å². The highest BCUT2D eigenvalue weighted by Gasteiger charge is 2.16. The van der Waals surface area contributed by atoms with Gasteiger partial charge < -0.3 is 19.7 Å².